The summed E-state index contributed by atoms with van der Waals surface area (Å²) in [6, 6.07) is 3.21. The smallest absolute Gasteiger partial charge is 0.343 e. The third kappa shape index (κ3) is 2.46. The van der Waals surface area contributed by atoms with E-state index in [4.69, 9.17) is 0 Å². The van der Waals surface area contributed by atoms with E-state index in [2.05, 4.69) is 4.74 Å². The number of esters is 1. The molecule has 1 aromatic rings. The first-order valence-corrected chi connectivity index (χ1v) is 6.11. The predicted molar refractivity (Wildman–Crippen MR) is 65.6 cm³/mol. The van der Waals surface area contributed by atoms with Crippen LogP contribution in [0.2, 0.25) is 0 Å². The molecular weight excluding hydrogens is 234 g/mol. The van der Waals surface area contributed by atoms with Gasteiger partial charge in [-0.25, -0.2) is 4.79 Å². The predicted octanol–water partition coefficient (Wildman–Crippen LogP) is 1.11. The summed E-state index contributed by atoms with van der Waals surface area (Å²) in [7, 11) is 1.26. The number of aliphatic hydroxyl groups is 1. The molecular formula is C13H17NO4. The zero-order valence-electron chi connectivity index (χ0n) is 10.3. The van der Waals surface area contributed by atoms with Gasteiger partial charge in [-0.3, -0.25) is 4.79 Å². The molecule has 1 aromatic heterocycles. The Bertz CT molecular complexity index is 486. The van der Waals surface area contributed by atoms with Gasteiger partial charge in [-0.05, 0) is 37.8 Å². The topological polar surface area (TPSA) is 68.5 Å². The summed E-state index contributed by atoms with van der Waals surface area (Å²) in [6.45, 7) is 0. The van der Waals surface area contributed by atoms with Crippen molar-refractivity contribution >= 4 is 5.97 Å². The molecule has 1 heterocycles. The normalized spacial score (nSPS) is 23.7. The fraction of sp³-hybridized carbons (Fsp3) is 0.538. The number of aromatic nitrogens is 1. The van der Waals surface area contributed by atoms with Crippen LogP contribution in [0.4, 0.5) is 0 Å². The van der Waals surface area contributed by atoms with Gasteiger partial charge < -0.3 is 14.4 Å². The summed E-state index contributed by atoms with van der Waals surface area (Å²) < 4.78 is 6.17. The number of nitrogens with zero attached hydrogens (tertiary/aromatic N) is 1. The molecule has 98 valence electrons. The van der Waals surface area contributed by atoms with Gasteiger partial charge in [0.25, 0.3) is 5.56 Å². The molecule has 0 unspecified atom stereocenters. The summed E-state index contributed by atoms with van der Waals surface area (Å²) in [4.78, 5) is 23.6. The van der Waals surface area contributed by atoms with E-state index in [1.165, 1.54) is 13.2 Å². The van der Waals surface area contributed by atoms with Crippen molar-refractivity contribution in [2.45, 2.75) is 37.8 Å². The molecule has 1 saturated carbocycles. The first kappa shape index (κ1) is 12.8. The van der Waals surface area contributed by atoms with Crippen LogP contribution >= 0.6 is 0 Å². The van der Waals surface area contributed by atoms with Gasteiger partial charge in [0.2, 0.25) is 0 Å². The zero-order valence-corrected chi connectivity index (χ0v) is 10.3. The third-order valence-electron chi connectivity index (χ3n) is 3.44. The van der Waals surface area contributed by atoms with Gasteiger partial charge in [-0.1, -0.05) is 0 Å². The van der Waals surface area contributed by atoms with E-state index >= 15 is 0 Å². The maximum Gasteiger partial charge on any atom is 0.343 e. The second kappa shape index (κ2) is 5.35. The van der Waals surface area contributed by atoms with Gasteiger partial charge in [0.15, 0.2) is 0 Å². The van der Waals surface area contributed by atoms with E-state index in [-0.39, 0.29) is 23.3 Å². The molecule has 1 N–H and O–H groups in total. The van der Waals surface area contributed by atoms with Crippen LogP contribution in [0.15, 0.2) is 23.1 Å². The van der Waals surface area contributed by atoms with Crippen molar-refractivity contribution in [2.75, 3.05) is 7.11 Å². The minimum atomic E-state index is -0.606. The van der Waals surface area contributed by atoms with Crippen LogP contribution < -0.4 is 5.56 Å². The Kier molecular flexibility index (Phi) is 3.81. The Morgan fingerprint density at radius 1 is 1.39 bits per heavy atom. The number of carbonyl (C=O) groups excluding carboxylic acids is 1. The molecule has 0 atom stereocenters. The van der Waals surface area contributed by atoms with Crippen molar-refractivity contribution in [3.05, 3.63) is 34.2 Å². The quantitative estimate of drug-likeness (QED) is 0.799. The van der Waals surface area contributed by atoms with E-state index in [1.807, 2.05) is 0 Å². The van der Waals surface area contributed by atoms with Crippen molar-refractivity contribution in [3.63, 3.8) is 0 Å². The molecule has 1 aliphatic rings. The number of methoxy groups -OCH3 is 1. The van der Waals surface area contributed by atoms with Gasteiger partial charge >= 0.3 is 5.97 Å². The van der Waals surface area contributed by atoms with Crippen molar-refractivity contribution in [2.24, 2.45) is 0 Å². The Morgan fingerprint density at radius 2 is 2.06 bits per heavy atom. The summed E-state index contributed by atoms with van der Waals surface area (Å²) in [5, 5.41) is 9.46. The number of rotatable bonds is 2. The summed E-state index contributed by atoms with van der Waals surface area (Å²) >= 11 is 0. The fourth-order valence-electron chi connectivity index (χ4n) is 2.40. The van der Waals surface area contributed by atoms with E-state index in [0.717, 1.165) is 12.8 Å². The monoisotopic (exact) mass is 251 g/mol. The van der Waals surface area contributed by atoms with Crippen LogP contribution in [0.5, 0.6) is 0 Å². The lowest BCUT2D eigenvalue weighted by Gasteiger charge is -2.27. The lowest BCUT2D eigenvalue weighted by molar-refractivity contribution is 0.0596. The molecule has 18 heavy (non-hydrogen) atoms. The highest BCUT2D eigenvalue weighted by Crippen LogP contribution is 2.27. The first-order valence-electron chi connectivity index (χ1n) is 6.11. The molecule has 5 heteroatoms. The van der Waals surface area contributed by atoms with Crippen LogP contribution in [0.25, 0.3) is 0 Å². The van der Waals surface area contributed by atoms with Crippen LogP contribution in [0, 0.1) is 0 Å². The number of ether oxygens (including phenoxy) is 1. The first-order chi connectivity index (χ1) is 8.63. The van der Waals surface area contributed by atoms with Gasteiger partial charge in [0.1, 0.15) is 5.56 Å². The SMILES string of the molecule is COC(=O)c1cccn(C2CCC(O)CC2)c1=O. The molecule has 5 nitrogen and oxygen atoms in total. The van der Waals surface area contributed by atoms with Crippen LogP contribution in [-0.4, -0.2) is 28.9 Å². The number of hydrogen-bond donors (Lipinski definition) is 1. The molecule has 0 saturated heterocycles. The van der Waals surface area contributed by atoms with Gasteiger partial charge in [-0.2, -0.15) is 0 Å². The summed E-state index contributed by atoms with van der Waals surface area (Å²) in [6.07, 6.45) is 4.33. The summed E-state index contributed by atoms with van der Waals surface area (Å²) in [5.74, 6) is -0.606. The lowest BCUT2D eigenvalue weighted by atomic mass is 9.93. The number of carbonyl (C=O) groups is 1. The van der Waals surface area contributed by atoms with E-state index in [0.29, 0.717) is 12.8 Å². The van der Waals surface area contributed by atoms with Crippen molar-refractivity contribution in [1.82, 2.24) is 4.57 Å². The minimum absolute atomic E-state index is 0.0607. The van der Waals surface area contributed by atoms with Crippen LogP contribution in [0.1, 0.15) is 42.1 Å². The molecule has 0 spiro atoms. The standard InChI is InChI=1S/C13H17NO4/c1-18-13(17)11-3-2-8-14(12(11)16)9-4-6-10(15)7-5-9/h2-3,8-10,15H,4-7H2,1H3. The molecule has 0 aromatic carbocycles. The zero-order chi connectivity index (χ0) is 13.1. The Balaban J connectivity index is 2.29. The Labute approximate surface area is 105 Å². The number of aliphatic hydroxyl groups excluding tert-OH is 1. The molecule has 0 aliphatic heterocycles. The highest BCUT2D eigenvalue weighted by molar-refractivity contribution is 5.88. The molecule has 2 rings (SSSR count). The second-order valence-corrected chi connectivity index (χ2v) is 4.59. The highest BCUT2D eigenvalue weighted by Gasteiger charge is 2.23. The van der Waals surface area contributed by atoms with E-state index in [1.54, 1.807) is 16.8 Å². The van der Waals surface area contributed by atoms with Crippen molar-refractivity contribution < 1.29 is 14.6 Å². The molecule has 0 radical (unpaired) electrons. The Morgan fingerprint density at radius 3 is 2.67 bits per heavy atom. The Hall–Kier alpha value is -1.62. The molecule has 1 aliphatic carbocycles. The van der Waals surface area contributed by atoms with Crippen molar-refractivity contribution in [3.8, 4) is 0 Å². The molecule has 1 fully saturated rings. The highest BCUT2D eigenvalue weighted by atomic mass is 16.5. The van der Waals surface area contributed by atoms with Crippen LogP contribution in [0.3, 0.4) is 0 Å². The fourth-order valence-corrected chi connectivity index (χ4v) is 2.40. The largest absolute Gasteiger partial charge is 0.465 e. The van der Waals surface area contributed by atoms with Crippen molar-refractivity contribution in [1.29, 1.82) is 0 Å². The van der Waals surface area contributed by atoms with E-state index < -0.39 is 5.97 Å². The average Bonchev–Trinajstić information content (AvgIpc) is 2.39. The second-order valence-electron chi connectivity index (χ2n) is 4.59. The number of hydrogen-bond acceptors (Lipinski definition) is 4. The van der Waals surface area contributed by atoms with Gasteiger partial charge in [0.05, 0.1) is 13.2 Å². The maximum atomic E-state index is 12.1. The molecule has 0 bridgehead atoms. The average molecular weight is 251 g/mol. The summed E-state index contributed by atoms with van der Waals surface area (Å²) in [5.41, 5.74) is -0.253. The van der Waals surface area contributed by atoms with Crippen LogP contribution in [-0.2, 0) is 4.74 Å². The molecule has 0 amide bonds. The number of pyridine rings is 1. The minimum Gasteiger partial charge on any atom is -0.465 e. The third-order valence-corrected chi connectivity index (χ3v) is 3.44. The van der Waals surface area contributed by atoms with E-state index in [9.17, 15) is 14.7 Å². The lowest BCUT2D eigenvalue weighted by Crippen LogP contribution is -2.32. The maximum absolute atomic E-state index is 12.1. The van der Waals surface area contributed by atoms with Gasteiger partial charge in [-0.15, -0.1) is 0 Å². The van der Waals surface area contributed by atoms with Gasteiger partial charge in [0, 0.05) is 12.2 Å².